The van der Waals surface area contributed by atoms with Crippen LogP contribution in [-0.2, 0) is 17.8 Å². The minimum Gasteiger partial charge on any atom is -0.497 e. The molecule has 0 saturated carbocycles. The van der Waals surface area contributed by atoms with Crippen LogP contribution in [0.4, 0.5) is 5.82 Å². The summed E-state index contributed by atoms with van der Waals surface area (Å²) in [4.78, 5) is 16.0. The molecule has 1 saturated heterocycles. The predicted molar refractivity (Wildman–Crippen MR) is 144 cm³/mol. The van der Waals surface area contributed by atoms with Crippen LogP contribution in [-0.4, -0.2) is 65.5 Å². The van der Waals surface area contributed by atoms with Crippen LogP contribution in [0.15, 0.2) is 54.7 Å². The molecule has 3 aromatic heterocycles. The third-order valence-corrected chi connectivity index (χ3v) is 7.56. The monoisotopic (exact) mass is 500 g/mol. The summed E-state index contributed by atoms with van der Waals surface area (Å²) in [7, 11) is 3.85. The first-order valence-electron chi connectivity index (χ1n) is 12.0. The summed E-state index contributed by atoms with van der Waals surface area (Å²) >= 11 is 1.78. The summed E-state index contributed by atoms with van der Waals surface area (Å²) in [6, 6.07) is 16.6. The molecule has 0 radical (unpaired) electrons. The molecule has 0 spiro atoms. The van der Waals surface area contributed by atoms with Crippen molar-refractivity contribution in [3.63, 3.8) is 0 Å². The van der Waals surface area contributed by atoms with Crippen molar-refractivity contribution >= 4 is 38.3 Å². The summed E-state index contributed by atoms with van der Waals surface area (Å²) in [6.07, 6.45) is 1.85. The fourth-order valence-electron chi connectivity index (χ4n) is 4.72. The molecule has 1 aliphatic heterocycles. The Morgan fingerprint density at radius 2 is 1.94 bits per heavy atom. The van der Waals surface area contributed by atoms with Gasteiger partial charge < -0.3 is 14.4 Å². The van der Waals surface area contributed by atoms with Crippen LogP contribution in [0.2, 0.25) is 0 Å². The predicted octanol–water partition coefficient (Wildman–Crippen LogP) is 4.71. The Labute approximate surface area is 213 Å². The van der Waals surface area contributed by atoms with E-state index in [9.17, 15) is 0 Å². The maximum Gasteiger partial charge on any atom is 0.162 e. The molecule has 8 nitrogen and oxygen atoms in total. The van der Waals surface area contributed by atoms with Crippen molar-refractivity contribution in [3.05, 3.63) is 65.2 Å². The second-order valence-electron chi connectivity index (χ2n) is 9.06. The number of aromatic amines is 1. The van der Waals surface area contributed by atoms with Gasteiger partial charge in [-0.05, 0) is 36.9 Å². The number of hydrogen-bond acceptors (Lipinski definition) is 8. The number of H-pyrrole nitrogens is 1. The molecule has 0 unspecified atom stereocenters. The summed E-state index contributed by atoms with van der Waals surface area (Å²) < 4.78 is 12.1. The lowest BCUT2D eigenvalue weighted by Gasteiger charge is -2.28. The quantitative estimate of drug-likeness (QED) is 0.347. The molecule has 9 heteroatoms. The fourth-order valence-corrected chi connectivity index (χ4v) is 5.91. The van der Waals surface area contributed by atoms with Crippen molar-refractivity contribution in [1.29, 1.82) is 0 Å². The molecule has 6 rings (SSSR count). The molecule has 1 N–H and O–H groups in total. The highest BCUT2D eigenvalue weighted by Gasteiger charge is 2.21. The van der Waals surface area contributed by atoms with Gasteiger partial charge in [0.25, 0.3) is 0 Å². The van der Waals surface area contributed by atoms with E-state index < -0.39 is 0 Å². The lowest BCUT2D eigenvalue weighted by molar-refractivity contribution is 0.122. The van der Waals surface area contributed by atoms with E-state index in [-0.39, 0.29) is 0 Å². The Hall–Kier alpha value is -3.53. The molecule has 0 atom stereocenters. The normalized spacial score (nSPS) is 14.2. The van der Waals surface area contributed by atoms with E-state index in [0.717, 1.165) is 70.3 Å². The summed E-state index contributed by atoms with van der Waals surface area (Å²) in [5.41, 5.74) is 4.17. The molecule has 4 heterocycles. The number of aromatic nitrogens is 4. The topological polar surface area (TPSA) is 79.4 Å². The van der Waals surface area contributed by atoms with E-state index in [0.29, 0.717) is 13.2 Å². The Kier molecular flexibility index (Phi) is 6.27. The summed E-state index contributed by atoms with van der Waals surface area (Å²) in [6.45, 7) is 4.72. The number of fused-ring (bicyclic) bond motifs is 2. The molecule has 1 aliphatic rings. The highest BCUT2D eigenvalue weighted by Crippen LogP contribution is 2.36. The van der Waals surface area contributed by atoms with Gasteiger partial charge in [0.2, 0.25) is 0 Å². The Bertz CT molecular complexity index is 1510. The zero-order valence-electron chi connectivity index (χ0n) is 20.4. The number of methoxy groups -OCH3 is 1. The molecule has 5 aromatic rings. The highest BCUT2D eigenvalue weighted by molar-refractivity contribution is 7.19. The van der Waals surface area contributed by atoms with Crippen molar-refractivity contribution < 1.29 is 9.47 Å². The van der Waals surface area contributed by atoms with Crippen LogP contribution in [0.3, 0.4) is 0 Å². The molecular weight excluding hydrogens is 472 g/mol. The zero-order valence-corrected chi connectivity index (χ0v) is 21.2. The number of benzene rings is 2. The SMILES string of the molecule is COc1cccc(CN(C)Cc2cc3nc(-c4cccc5[nH]ncc45)nc(N4CCOCC4)c3s2)c1. The van der Waals surface area contributed by atoms with Crippen molar-refractivity contribution in [2.24, 2.45) is 0 Å². The molecule has 36 heavy (non-hydrogen) atoms. The van der Waals surface area contributed by atoms with Crippen LogP contribution in [0.5, 0.6) is 5.75 Å². The lowest BCUT2D eigenvalue weighted by Crippen LogP contribution is -2.36. The van der Waals surface area contributed by atoms with Gasteiger partial charge in [0.05, 0.1) is 42.3 Å². The number of nitrogens with one attached hydrogen (secondary N) is 1. The number of rotatable bonds is 7. The van der Waals surface area contributed by atoms with E-state index in [1.165, 1.54) is 10.4 Å². The minimum atomic E-state index is 0.708. The van der Waals surface area contributed by atoms with Crippen molar-refractivity contribution in [2.75, 3.05) is 45.4 Å². The number of nitrogens with zero attached hydrogens (tertiary/aromatic N) is 5. The van der Waals surface area contributed by atoms with Crippen molar-refractivity contribution in [1.82, 2.24) is 25.1 Å². The Balaban J connectivity index is 1.36. The van der Waals surface area contributed by atoms with Crippen LogP contribution >= 0.6 is 11.3 Å². The lowest BCUT2D eigenvalue weighted by atomic mass is 10.1. The molecule has 0 aliphatic carbocycles. The first kappa shape index (κ1) is 22.9. The minimum absolute atomic E-state index is 0.708. The van der Waals surface area contributed by atoms with E-state index in [1.807, 2.05) is 30.5 Å². The van der Waals surface area contributed by atoms with Crippen LogP contribution in [0, 0.1) is 0 Å². The van der Waals surface area contributed by atoms with E-state index in [1.54, 1.807) is 18.4 Å². The summed E-state index contributed by atoms with van der Waals surface area (Å²) in [5, 5.41) is 8.31. The number of morpholine rings is 1. The average Bonchev–Trinajstić information content (AvgIpc) is 3.55. The van der Waals surface area contributed by atoms with E-state index >= 15 is 0 Å². The Morgan fingerprint density at radius 1 is 1.08 bits per heavy atom. The van der Waals surface area contributed by atoms with Gasteiger partial charge in [-0.2, -0.15) is 5.10 Å². The van der Waals surface area contributed by atoms with Crippen LogP contribution in [0.25, 0.3) is 32.5 Å². The third-order valence-electron chi connectivity index (χ3n) is 6.45. The highest BCUT2D eigenvalue weighted by atomic mass is 32.1. The number of hydrogen-bond donors (Lipinski definition) is 1. The Morgan fingerprint density at radius 3 is 2.81 bits per heavy atom. The maximum absolute atomic E-state index is 5.62. The first-order valence-corrected chi connectivity index (χ1v) is 12.9. The second kappa shape index (κ2) is 9.85. The average molecular weight is 501 g/mol. The zero-order chi connectivity index (χ0) is 24.5. The second-order valence-corrected chi connectivity index (χ2v) is 10.2. The van der Waals surface area contributed by atoms with Gasteiger partial charge >= 0.3 is 0 Å². The largest absolute Gasteiger partial charge is 0.497 e. The van der Waals surface area contributed by atoms with Crippen molar-refractivity contribution in [3.8, 4) is 17.1 Å². The molecular formula is C27H28N6O2S. The van der Waals surface area contributed by atoms with Gasteiger partial charge in [-0.25, -0.2) is 9.97 Å². The molecule has 184 valence electrons. The van der Waals surface area contributed by atoms with Crippen LogP contribution < -0.4 is 9.64 Å². The number of anilines is 1. The fraction of sp³-hybridized carbons (Fsp3) is 0.296. The number of ether oxygens (including phenoxy) is 2. The van der Waals surface area contributed by atoms with Crippen molar-refractivity contribution in [2.45, 2.75) is 13.1 Å². The molecule has 2 aromatic carbocycles. The standard InChI is InChI=1S/C27H28N6O2S/c1-32(16-18-5-3-6-19(13-18)34-2)17-20-14-24-25(36-20)27(33-9-11-35-12-10-33)30-26(29-24)21-7-4-8-23-22(21)15-28-31-23/h3-8,13-15H,9-12,16-17H2,1-2H3,(H,28,31). The first-order chi connectivity index (χ1) is 17.7. The molecule has 0 amide bonds. The van der Waals surface area contributed by atoms with Gasteiger partial charge in [0.15, 0.2) is 11.6 Å². The van der Waals surface area contributed by atoms with E-state index in [2.05, 4.69) is 51.3 Å². The van der Waals surface area contributed by atoms with Gasteiger partial charge in [-0.15, -0.1) is 11.3 Å². The van der Waals surface area contributed by atoms with Gasteiger partial charge in [0, 0.05) is 42.0 Å². The van der Waals surface area contributed by atoms with Gasteiger partial charge in [-0.3, -0.25) is 10.00 Å². The van der Waals surface area contributed by atoms with E-state index in [4.69, 9.17) is 19.4 Å². The maximum atomic E-state index is 5.62. The van der Waals surface area contributed by atoms with Gasteiger partial charge in [0.1, 0.15) is 5.75 Å². The molecule has 0 bridgehead atoms. The van der Waals surface area contributed by atoms with Crippen LogP contribution in [0.1, 0.15) is 10.4 Å². The summed E-state index contributed by atoms with van der Waals surface area (Å²) in [5.74, 6) is 2.60. The molecule has 1 fully saturated rings. The number of thiophene rings is 1. The smallest absolute Gasteiger partial charge is 0.162 e. The third kappa shape index (κ3) is 4.53. The van der Waals surface area contributed by atoms with Gasteiger partial charge in [-0.1, -0.05) is 24.3 Å².